The van der Waals surface area contributed by atoms with Crippen LogP contribution in [0.4, 0.5) is 0 Å². The molecule has 0 aromatic carbocycles. The average molecular weight is 212 g/mol. The highest BCUT2D eigenvalue weighted by molar-refractivity contribution is 7.10. The molecule has 1 rings (SSSR count). The van der Waals surface area contributed by atoms with Gasteiger partial charge in [0.05, 0.1) is 12.0 Å². The molecule has 3 heteroatoms. The monoisotopic (exact) mass is 212 g/mol. The van der Waals surface area contributed by atoms with Crippen LogP contribution in [0.1, 0.15) is 31.2 Å². The third-order valence-electron chi connectivity index (χ3n) is 2.32. The lowest BCUT2D eigenvalue weighted by molar-refractivity contribution is -0.148. The Morgan fingerprint density at radius 3 is 2.64 bits per heavy atom. The van der Waals surface area contributed by atoms with Crippen molar-refractivity contribution in [3.63, 3.8) is 0 Å². The molecule has 0 fully saturated rings. The molecule has 14 heavy (non-hydrogen) atoms. The second kappa shape index (κ2) is 4.13. The lowest BCUT2D eigenvalue weighted by Gasteiger charge is -2.22. The maximum Gasteiger partial charge on any atom is 0.316 e. The van der Waals surface area contributed by atoms with Crippen molar-refractivity contribution in [1.29, 1.82) is 0 Å². The van der Waals surface area contributed by atoms with Crippen LogP contribution >= 0.6 is 11.3 Å². The SMILES string of the molecule is CCOC(=O)C(C)(C)c1ccsc1C. The second-order valence-corrected chi connectivity index (χ2v) is 4.86. The van der Waals surface area contributed by atoms with E-state index in [1.807, 2.05) is 39.1 Å². The van der Waals surface area contributed by atoms with Gasteiger partial charge in [-0.05, 0) is 44.7 Å². The summed E-state index contributed by atoms with van der Waals surface area (Å²) in [7, 11) is 0. The van der Waals surface area contributed by atoms with Gasteiger partial charge in [-0.15, -0.1) is 11.3 Å². The van der Waals surface area contributed by atoms with Gasteiger partial charge < -0.3 is 4.74 Å². The molecule has 0 aliphatic rings. The van der Waals surface area contributed by atoms with Crippen molar-refractivity contribution in [2.45, 2.75) is 33.1 Å². The molecule has 1 aromatic rings. The minimum absolute atomic E-state index is 0.151. The van der Waals surface area contributed by atoms with Crippen molar-refractivity contribution in [2.24, 2.45) is 0 Å². The Hall–Kier alpha value is -0.830. The van der Waals surface area contributed by atoms with E-state index in [0.717, 1.165) is 5.56 Å². The molecule has 0 aliphatic carbocycles. The predicted molar refractivity (Wildman–Crippen MR) is 58.7 cm³/mol. The number of rotatable bonds is 3. The molecule has 0 spiro atoms. The minimum Gasteiger partial charge on any atom is -0.465 e. The van der Waals surface area contributed by atoms with E-state index in [2.05, 4.69) is 0 Å². The van der Waals surface area contributed by atoms with Crippen molar-refractivity contribution in [2.75, 3.05) is 6.61 Å². The van der Waals surface area contributed by atoms with Crippen LogP contribution < -0.4 is 0 Å². The maximum atomic E-state index is 11.7. The largest absolute Gasteiger partial charge is 0.465 e. The number of carbonyl (C=O) groups is 1. The van der Waals surface area contributed by atoms with Gasteiger partial charge in [-0.2, -0.15) is 0 Å². The second-order valence-electron chi connectivity index (χ2n) is 3.74. The van der Waals surface area contributed by atoms with Gasteiger partial charge in [0.25, 0.3) is 0 Å². The molecule has 0 radical (unpaired) electrons. The van der Waals surface area contributed by atoms with Gasteiger partial charge in [-0.1, -0.05) is 0 Å². The van der Waals surface area contributed by atoms with E-state index in [-0.39, 0.29) is 5.97 Å². The van der Waals surface area contributed by atoms with Crippen molar-refractivity contribution in [3.8, 4) is 0 Å². The Balaban J connectivity index is 2.95. The van der Waals surface area contributed by atoms with Crippen LogP contribution in [0.15, 0.2) is 11.4 Å². The summed E-state index contributed by atoms with van der Waals surface area (Å²) >= 11 is 1.66. The average Bonchev–Trinajstić information content (AvgIpc) is 2.52. The van der Waals surface area contributed by atoms with Crippen molar-refractivity contribution in [3.05, 3.63) is 21.9 Å². The summed E-state index contributed by atoms with van der Waals surface area (Å²) in [6.45, 7) is 8.10. The lowest BCUT2D eigenvalue weighted by atomic mass is 9.85. The van der Waals surface area contributed by atoms with Crippen molar-refractivity contribution < 1.29 is 9.53 Å². The van der Waals surface area contributed by atoms with E-state index in [9.17, 15) is 4.79 Å². The van der Waals surface area contributed by atoms with Crippen LogP contribution in [0.5, 0.6) is 0 Å². The summed E-state index contributed by atoms with van der Waals surface area (Å²) in [6, 6.07) is 2.00. The fourth-order valence-corrected chi connectivity index (χ4v) is 2.31. The molecule has 1 heterocycles. The van der Waals surface area contributed by atoms with Crippen LogP contribution in [0.2, 0.25) is 0 Å². The van der Waals surface area contributed by atoms with Gasteiger partial charge >= 0.3 is 5.97 Å². The number of hydrogen-bond acceptors (Lipinski definition) is 3. The quantitative estimate of drug-likeness (QED) is 0.720. The van der Waals surface area contributed by atoms with Crippen LogP contribution in [0, 0.1) is 6.92 Å². The van der Waals surface area contributed by atoms with Crippen LogP contribution in [-0.2, 0) is 14.9 Å². The Morgan fingerprint density at radius 2 is 2.21 bits per heavy atom. The molecule has 0 aliphatic heterocycles. The van der Waals surface area contributed by atoms with Gasteiger partial charge in [0.2, 0.25) is 0 Å². The maximum absolute atomic E-state index is 11.7. The van der Waals surface area contributed by atoms with Gasteiger partial charge in [-0.3, -0.25) is 4.79 Å². The summed E-state index contributed by atoms with van der Waals surface area (Å²) in [5.74, 6) is -0.151. The molecule has 0 atom stereocenters. The Morgan fingerprint density at radius 1 is 1.57 bits per heavy atom. The van der Waals surface area contributed by atoms with E-state index in [1.54, 1.807) is 11.3 Å². The Bertz CT molecular complexity index is 326. The van der Waals surface area contributed by atoms with E-state index in [0.29, 0.717) is 6.61 Å². The molecular weight excluding hydrogens is 196 g/mol. The predicted octanol–water partition coefficient (Wildman–Crippen LogP) is 2.90. The van der Waals surface area contributed by atoms with Crippen LogP contribution in [0.3, 0.4) is 0 Å². The molecule has 0 unspecified atom stereocenters. The minimum atomic E-state index is -0.528. The van der Waals surface area contributed by atoms with Crippen LogP contribution in [-0.4, -0.2) is 12.6 Å². The smallest absolute Gasteiger partial charge is 0.316 e. The van der Waals surface area contributed by atoms with Crippen LogP contribution in [0.25, 0.3) is 0 Å². The van der Waals surface area contributed by atoms with Gasteiger partial charge in [-0.25, -0.2) is 0 Å². The first-order valence-corrected chi connectivity index (χ1v) is 5.60. The fourth-order valence-electron chi connectivity index (χ4n) is 1.45. The number of carbonyl (C=O) groups excluding carboxylic acids is 1. The number of esters is 1. The molecule has 0 bridgehead atoms. The first-order chi connectivity index (χ1) is 6.50. The molecule has 2 nitrogen and oxygen atoms in total. The van der Waals surface area contributed by atoms with Gasteiger partial charge in [0, 0.05) is 4.88 Å². The lowest BCUT2D eigenvalue weighted by Crippen LogP contribution is -2.31. The first-order valence-electron chi connectivity index (χ1n) is 4.72. The zero-order chi connectivity index (χ0) is 10.8. The summed E-state index contributed by atoms with van der Waals surface area (Å²) in [6.07, 6.45) is 0. The number of hydrogen-bond donors (Lipinski definition) is 0. The third-order valence-corrected chi connectivity index (χ3v) is 3.16. The van der Waals surface area contributed by atoms with E-state index in [1.165, 1.54) is 4.88 Å². The van der Waals surface area contributed by atoms with E-state index >= 15 is 0 Å². The summed E-state index contributed by atoms with van der Waals surface area (Å²) in [4.78, 5) is 12.9. The van der Waals surface area contributed by atoms with Crippen molar-refractivity contribution in [1.82, 2.24) is 0 Å². The van der Waals surface area contributed by atoms with Gasteiger partial charge in [0.1, 0.15) is 0 Å². The molecule has 0 saturated carbocycles. The molecular formula is C11H16O2S. The summed E-state index contributed by atoms with van der Waals surface area (Å²) in [5.41, 5.74) is 0.543. The molecule has 0 N–H and O–H groups in total. The highest BCUT2D eigenvalue weighted by Gasteiger charge is 2.32. The van der Waals surface area contributed by atoms with E-state index in [4.69, 9.17) is 4.74 Å². The third kappa shape index (κ3) is 1.98. The Kier molecular flexibility index (Phi) is 3.32. The van der Waals surface area contributed by atoms with E-state index < -0.39 is 5.41 Å². The zero-order valence-corrected chi connectivity index (χ0v) is 9.90. The topological polar surface area (TPSA) is 26.3 Å². The standard InChI is InChI=1S/C11H16O2S/c1-5-13-10(12)11(3,4)9-6-7-14-8(9)2/h6-7H,5H2,1-4H3. The number of aryl methyl sites for hydroxylation is 1. The molecule has 1 aromatic heterocycles. The highest BCUT2D eigenvalue weighted by atomic mass is 32.1. The highest BCUT2D eigenvalue weighted by Crippen LogP contribution is 2.30. The molecule has 0 saturated heterocycles. The number of thiophene rings is 1. The van der Waals surface area contributed by atoms with Crippen molar-refractivity contribution >= 4 is 17.3 Å². The Labute approximate surface area is 88.9 Å². The first kappa shape index (κ1) is 11.2. The molecule has 78 valence electrons. The number of ether oxygens (including phenoxy) is 1. The normalized spacial score (nSPS) is 11.4. The fraction of sp³-hybridized carbons (Fsp3) is 0.545. The van der Waals surface area contributed by atoms with Gasteiger partial charge in [0.15, 0.2) is 0 Å². The zero-order valence-electron chi connectivity index (χ0n) is 9.09. The summed E-state index contributed by atoms with van der Waals surface area (Å²) < 4.78 is 5.05. The summed E-state index contributed by atoms with van der Waals surface area (Å²) in [5, 5.41) is 2.01. The molecule has 0 amide bonds.